The first kappa shape index (κ1) is 14.4. The number of allylic oxidation sites excluding steroid dienone is 1. The summed E-state index contributed by atoms with van der Waals surface area (Å²) in [5.41, 5.74) is 10.5. The zero-order valence-electron chi connectivity index (χ0n) is 7.64. The highest BCUT2D eigenvalue weighted by atomic mass is 35.5. The van der Waals surface area contributed by atoms with Crippen molar-refractivity contribution in [2.24, 2.45) is 11.5 Å². The molecule has 4 N–H and O–H groups in total. The zero-order chi connectivity index (χ0) is 8.91. The number of hydrogen-bond acceptors (Lipinski definition) is 2. The van der Waals surface area contributed by atoms with Crippen molar-refractivity contribution in [1.29, 1.82) is 0 Å². The first-order valence-corrected chi connectivity index (χ1v) is 3.79. The minimum Gasteiger partial charge on any atom is -0.327 e. The molecule has 74 valence electrons. The van der Waals surface area contributed by atoms with Crippen LogP contribution in [0.1, 0.15) is 26.7 Å². The Kier molecular flexibility index (Phi) is 7.69. The molecule has 0 amide bonds. The molecule has 0 radical (unpaired) electrons. The van der Waals surface area contributed by atoms with Crippen LogP contribution in [-0.2, 0) is 0 Å². The average Bonchev–Trinajstić information content (AvgIpc) is 1.83. The average molecular weight is 197 g/mol. The summed E-state index contributed by atoms with van der Waals surface area (Å²) in [4.78, 5) is 0. The Morgan fingerprint density at radius 2 is 2.00 bits per heavy atom. The summed E-state index contributed by atoms with van der Waals surface area (Å²) in [5, 5.41) is 0. The third-order valence-corrected chi connectivity index (χ3v) is 1.35. The van der Waals surface area contributed by atoms with Crippen molar-refractivity contribution in [3.05, 3.63) is 11.9 Å². The van der Waals surface area contributed by atoms with Gasteiger partial charge in [-0.05, 0) is 26.3 Å². The van der Waals surface area contributed by atoms with Crippen LogP contribution in [0.3, 0.4) is 0 Å². The van der Waals surface area contributed by atoms with E-state index < -0.39 is 0 Å². The van der Waals surface area contributed by atoms with Gasteiger partial charge in [-0.2, -0.15) is 0 Å². The topological polar surface area (TPSA) is 52.0 Å². The normalized spacial score (nSPS) is 12.6. The molecular formula is C8H18ClFN2. The summed E-state index contributed by atoms with van der Waals surface area (Å²) in [6.07, 6.45) is 2.42. The molecular weight excluding hydrogens is 179 g/mol. The van der Waals surface area contributed by atoms with Crippen molar-refractivity contribution in [2.45, 2.75) is 32.2 Å². The number of hydrogen-bond donors (Lipinski definition) is 2. The smallest absolute Gasteiger partial charge is 0.0973 e. The van der Waals surface area contributed by atoms with Crippen LogP contribution < -0.4 is 11.5 Å². The fourth-order valence-corrected chi connectivity index (χ4v) is 0.672. The van der Waals surface area contributed by atoms with Crippen LogP contribution in [0, 0.1) is 0 Å². The predicted octanol–water partition coefficient (Wildman–Crippen LogP) is 1.74. The van der Waals surface area contributed by atoms with Crippen molar-refractivity contribution in [3.63, 3.8) is 0 Å². The lowest BCUT2D eigenvalue weighted by Crippen LogP contribution is -2.31. The Hall–Kier alpha value is -0.120. The predicted molar refractivity (Wildman–Crippen MR) is 53.0 cm³/mol. The standard InChI is InChI=1S/C8H17FN2.ClH/c1-8(2,11)5-3-7(9)4-6-10;/h4H,3,5-6,10-11H2,1-2H3;1H/b7-4-;. The molecule has 4 heteroatoms. The van der Waals surface area contributed by atoms with Crippen LogP contribution in [0.2, 0.25) is 0 Å². The lowest BCUT2D eigenvalue weighted by Gasteiger charge is -2.16. The second kappa shape index (κ2) is 6.40. The first-order chi connectivity index (χ1) is 4.95. The Labute approximate surface area is 79.6 Å². The molecule has 0 heterocycles. The summed E-state index contributed by atoms with van der Waals surface area (Å²) < 4.78 is 12.7. The Balaban J connectivity index is 0. The molecule has 0 saturated carbocycles. The van der Waals surface area contributed by atoms with Gasteiger partial charge in [-0.15, -0.1) is 12.4 Å². The van der Waals surface area contributed by atoms with Crippen LogP contribution in [0.5, 0.6) is 0 Å². The van der Waals surface area contributed by atoms with E-state index in [-0.39, 0.29) is 30.3 Å². The molecule has 0 rings (SSSR count). The highest BCUT2D eigenvalue weighted by Gasteiger charge is 2.10. The largest absolute Gasteiger partial charge is 0.327 e. The van der Waals surface area contributed by atoms with Gasteiger partial charge in [-0.3, -0.25) is 0 Å². The second-order valence-electron chi connectivity index (χ2n) is 3.38. The summed E-state index contributed by atoms with van der Waals surface area (Å²) >= 11 is 0. The van der Waals surface area contributed by atoms with Gasteiger partial charge >= 0.3 is 0 Å². The number of halogens is 2. The van der Waals surface area contributed by atoms with E-state index in [4.69, 9.17) is 11.5 Å². The zero-order valence-corrected chi connectivity index (χ0v) is 8.46. The van der Waals surface area contributed by atoms with E-state index in [2.05, 4.69) is 0 Å². The third-order valence-electron chi connectivity index (χ3n) is 1.35. The molecule has 0 aliphatic rings. The third kappa shape index (κ3) is 9.88. The van der Waals surface area contributed by atoms with Gasteiger partial charge in [0.2, 0.25) is 0 Å². The molecule has 0 saturated heterocycles. The van der Waals surface area contributed by atoms with Crippen LogP contribution in [0.15, 0.2) is 11.9 Å². The molecule has 0 bridgehead atoms. The van der Waals surface area contributed by atoms with Gasteiger partial charge in [-0.1, -0.05) is 0 Å². The van der Waals surface area contributed by atoms with Crippen molar-refractivity contribution in [1.82, 2.24) is 0 Å². The molecule has 0 fully saturated rings. The molecule has 0 spiro atoms. The van der Waals surface area contributed by atoms with E-state index in [0.717, 1.165) is 0 Å². The van der Waals surface area contributed by atoms with E-state index >= 15 is 0 Å². The highest BCUT2D eigenvalue weighted by molar-refractivity contribution is 5.85. The maximum Gasteiger partial charge on any atom is 0.0973 e. The number of rotatable bonds is 4. The molecule has 0 aliphatic heterocycles. The molecule has 12 heavy (non-hydrogen) atoms. The van der Waals surface area contributed by atoms with Gasteiger partial charge in [0, 0.05) is 18.5 Å². The van der Waals surface area contributed by atoms with Gasteiger partial charge in [0.25, 0.3) is 0 Å². The fraction of sp³-hybridized carbons (Fsp3) is 0.750. The van der Waals surface area contributed by atoms with Crippen molar-refractivity contribution < 1.29 is 4.39 Å². The lowest BCUT2D eigenvalue weighted by molar-refractivity contribution is 0.445. The minimum absolute atomic E-state index is 0. The summed E-state index contributed by atoms with van der Waals surface area (Å²) in [5.74, 6) is -0.161. The first-order valence-electron chi connectivity index (χ1n) is 3.79. The lowest BCUT2D eigenvalue weighted by atomic mass is 10.00. The quantitative estimate of drug-likeness (QED) is 0.720. The molecule has 0 aliphatic carbocycles. The van der Waals surface area contributed by atoms with Crippen molar-refractivity contribution in [3.8, 4) is 0 Å². The van der Waals surface area contributed by atoms with E-state index in [0.29, 0.717) is 12.8 Å². The van der Waals surface area contributed by atoms with Gasteiger partial charge in [-0.25, -0.2) is 4.39 Å². The Morgan fingerprint density at radius 3 is 2.33 bits per heavy atom. The second-order valence-corrected chi connectivity index (χ2v) is 3.38. The van der Waals surface area contributed by atoms with Crippen molar-refractivity contribution in [2.75, 3.05) is 6.54 Å². The summed E-state index contributed by atoms with van der Waals surface area (Å²) in [7, 11) is 0. The van der Waals surface area contributed by atoms with Gasteiger partial charge in [0.1, 0.15) is 0 Å². The van der Waals surface area contributed by atoms with Gasteiger partial charge in [0.05, 0.1) is 5.83 Å². The fourth-order valence-electron chi connectivity index (χ4n) is 0.672. The highest BCUT2D eigenvalue weighted by Crippen LogP contribution is 2.13. The molecule has 0 aromatic heterocycles. The Morgan fingerprint density at radius 1 is 1.50 bits per heavy atom. The molecule has 0 unspecified atom stereocenters. The SMILES string of the molecule is CC(C)(N)CC/C(F)=C/CN.Cl. The molecule has 0 aromatic rings. The van der Waals surface area contributed by atoms with E-state index in [1.54, 1.807) is 0 Å². The van der Waals surface area contributed by atoms with Crippen molar-refractivity contribution >= 4 is 12.4 Å². The maximum absolute atomic E-state index is 12.7. The maximum atomic E-state index is 12.7. The van der Waals surface area contributed by atoms with Gasteiger partial charge in [0.15, 0.2) is 0 Å². The van der Waals surface area contributed by atoms with Gasteiger partial charge < -0.3 is 11.5 Å². The molecule has 0 aromatic carbocycles. The van der Waals surface area contributed by atoms with Crippen LogP contribution in [0.25, 0.3) is 0 Å². The summed E-state index contributed by atoms with van der Waals surface area (Å²) in [6.45, 7) is 4.02. The Bertz CT molecular complexity index is 140. The van der Waals surface area contributed by atoms with E-state index in [1.165, 1.54) is 6.08 Å². The monoisotopic (exact) mass is 196 g/mol. The molecule has 2 nitrogen and oxygen atoms in total. The summed E-state index contributed by atoms with van der Waals surface area (Å²) in [6, 6.07) is 0. The van der Waals surface area contributed by atoms with Crippen LogP contribution in [-0.4, -0.2) is 12.1 Å². The van der Waals surface area contributed by atoms with E-state index in [9.17, 15) is 4.39 Å². The minimum atomic E-state index is -0.292. The van der Waals surface area contributed by atoms with E-state index in [1.807, 2.05) is 13.8 Å². The number of nitrogens with two attached hydrogens (primary N) is 2. The van der Waals surface area contributed by atoms with Crippen LogP contribution >= 0.6 is 12.4 Å². The van der Waals surface area contributed by atoms with Crippen LogP contribution in [0.4, 0.5) is 4.39 Å². The molecule has 0 atom stereocenters.